The van der Waals surface area contributed by atoms with Crippen LogP contribution in [0.25, 0.3) is 17.1 Å². The number of fused-ring (bicyclic) bond motifs is 1. The number of amides is 1. The molecule has 0 atom stereocenters. The summed E-state index contributed by atoms with van der Waals surface area (Å²) in [6.45, 7) is 5.28. The van der Waals surface area contributed by atoms with E-state index >= 15 is 0 Å². The number of ether oxygens (including phenoxy) is 1. The van der Waals surface area contributed by atoms with Crippen molar-refractivity contribution >= 4 is 23.0 Å². The molecule has 0 aliphatic heterocycles. The number of para-hydroxylation sites is 2. The number of carbonyl (C=O) groups is 1. The number of imidazole rings is 1. The second-order valence-corrected chi connectivity index (χ2v) is 8.12. The fraction of sp³-hybridized carbons (Fsp3) is 0.385. The van der Waals surface area contributed by atoms with E-state index in [1.807, 2.05) is 48.5 Å². The number of nitrogens with zero attached hydrogens (tertiary/aromatic N) is 3. The molecule has 0 aliphatic rings. The molecule has 0 unspecified atom stereocenters. The van der Waals surface area contributed by atoms with Gasteiger partial charge in [-0.15, -0.1) is 0 Å². The van der Waals surface area contributed by atoms with Crippen LogP contribution in [0.15, 0.2) is 54.6 Å². The van der Waals surface area contributed by atoms with Crippen molar-refractivity contribution < 1.29 is 9.53 Å². The number of hydrogen-bond acceptors (Lipinski definition) is 4. The Morgan fingerprint density at radius 2 is 1.94 bits per heavy atom. The number of rotatable bonds is 12. The van der Waals surface area contributed by atoms with Crippen molar-refractivity contribution in [3.63, 3.8) is 0 Å². The van der Waals surface area contributed by atoms with Gasteiger partial charge in [0.15, 0.2) is 0 Å². The maximum Gasteiger partial charge on any atom is 0.244 e. The lowest BCUT2D eigenvalue weighted by Gasteiger charge is -2.12. The van der Waals surface area contributed by atoms with Crippen LogP contribution in [0.2, 0.25) is 0 Å². The second-order valence-electron chi connectivity index (χ2n) is 8.12. The first-order valence-corrected chi connectivity index (χ1v) is 11.3. The standard InChI is InChI=1S/C26H34N4O2/c1-4-20-32-22-13-10-21(11-14-22)12-15-26(31)27-17-16-25-28-23-8-5-6-9-24(23)30(25)19-7-18-29(2)3/h5-6,8-15H,4,7,16-20H2,1-3H3,(H,27,31)/b15-12+. The quantitative estimate of drug-likeness (QED) is 0.435. The normalized spacial score (nSPS) is 11.5. The molecule has 32 heavy (non-hydrogen) atoms. The zero-order chi connectivity index (χ0) is 22.8. The van der Waals surface area contributed by atoms with Gasteiger partial charge in [0.05, 0.1) is 17.6 Å². The molecule has 0 bridgehead atoms. The van der Waals surface area contributed by atoms with E-state index in [4.69, 9.17) is 9.72 Å². The summed E-state index contributed by atoms with van der Waals surface area (Å²) in [5.74, 6) is 1.76. The highest BCUT2D eigenvalue weighted by Gasteiger charge is 2.10. The van der Waals surface area contributed by atoms with E-state index in [1.54, 1.807) is 6.08 Å². The maximum absolute atomic E-state index is 12.3. The topological polar surface area (TPSA) is 59.4 Å². The molecule has 170 valence electrons. The smallest absolute Gasteiger partial charge is 0.244 e. The summed E-state index contributed by atoms with van der Waals surface area (Å²) in [5, 5.41) is 2.97. The molecule has 2 aromatic carbocycles. The zero-order valence-corrected chi connectivity index (χ0v) is 19.4. The molecule has 1 heterocycles. The summed E-state index contributed by atoms with van der Waals surface area (Å²) in [7, 11) is 4.18. The molecule has 3 aromatic rings. The third-order valence-corrected chi connectivity index (χ3v) is 5.15. The summed E-state index contributed by atoms with van der Waals surface area (Å²) < 4.78 is 7.87. The van der Waals surface area contributed by atoms with Gasteiger partial charge in [0.2, 0.25) is 5.91 Å². The zero-order valence-electron chi connectivity index (χ0n) is 19.4. The van der Waals surface area contributed by atoms with Crippen LogP contribution in [0.5, 0.6) is 5.75 Å². The van der Waals surface area contributed by atoms with Gasteiger partial charge in [-0.3, -0.25) is 4.79 Å². The lowest BCUT2D eigenvalue weighted by atomic mass is 10.2. The Bertz CT molecular complexity index is 1020. The van der Waals surface area contributed by atoms with Gasteiger partial charge in [-0.2, -0.15) is 0 Å². The van der Waals surface area contributed by atoms with E-state index in [2.05, 4.69) is 41.9 Å². The molecule has 0 saturated heterocycles. The van der Waals surface area contributed by atoms with E-state index in [0.717, 1.165) is 54.1 Å². The van der Waals surface area contributed by atoms with Crippen molar-refractivity contribution in [2.75, 3.05) is 33.8 Å². The summed E-state index contributed by atoms with van der Waals surface area (Å²) in [4.78, 5) is 19.3. The van der Waals surface area contributed by atoms with Gasteiger partial charge in [-0.25, -0.2) is 4.98 Å². The molecule has 0 saturated carbocycles. The largest absolute Gasteiger partial charge is 0.494 e. The molecular formula is C26H34N4O2. The highest BCUT2D eigenvalue weighted by Crippen LogP contribution is 2.17. The van der Waals surface area contributed by atoms with Gasteiger partial charge in [-0.05, 0) is 69.4 Å². The number of aromatic nitrogens is 2. The first kappa shape index (κ1) is 23.5. The lowest BCUT2D eigenvalue weighted by Crippen LogP contribution is -2.24. The van der Waals surface area contributed by atoms with Gasteiger partial charge < -0.3 is 19.5 Å². The first-order valence-electron chi connectivity index (χ1n) is 11.3. The monoisotopic (exact) mass is 434 g/mol. The number of aryl methyl sites for hydroxylation is 1. The molecule has 6 heteroatoms. The minimum atomic E-state index is -0.105. The molecule has 1 aromatic heterocycles. The highest BCUT2D eigenvalue weighted by atomic mass is 16.5. The Kier molecular flexibility index (Phi) is 8.87. The van der Waals surface area contributed by atoms with Crippen LogP contribution < -0.4 is 10.1 Å². The van der Waals surface area contributed by atoms with Crippen LogP contribution >= 0.6 is 0 Å². The average Bonchev–Trinajstić information content (AvgIpc) is 3.14. The van der Waals surface area contributed by atoms with Crippen LogP contribution in [-0.4, -0.2) is 54.1 Å². The van der Waals surface area contributed by atoms with Crippen molar-refractivity contribution in [2.45, 2.75) is 32.7 Å². The van der Waals surface area contributed by atoms with Crippen molar-refractivity contribution in [3.8, 4) is 5.75 Å². The first-order chi connectivity index (χ1) is 15.6. The number of carbonyl (C=O) groups excluding carboxylic acids is 1. The Hall–Kier alpha value is -3.12. The van der Waals surface area contributed by atoms with Crippen molar-refractivity contribution in [1.29, 1.82) is 0 Å². The molecule has 6 nitrogen and oxygen atoms in total. The summed E-state index contributed by atoms with van der Waals surface area (Å²) in [5.41, 5.74) is 3.12. The van der Waals surface area contributed by atoms with E-state index in [1.165, 1.54) is 0 Å². The van der Waals surface area contributed by atoms with Crippen LogP contribution in [0.4, 0.5) is 0 Å². The van der Waals surface area contributed by atoms with E-state index in [-0.39, 0.29) is 5.91 Å². The van der Waals surface area contributed by atoms with Crippen LogP contribution in [-0.2, 0) is 17.8 Å². The van der Waals surface area contributed by atoms with Crippen LogP contribution in [0.3, 0.4) is 0 Å². The van der Waals surface area contributed by atoms with Gasteiger partial charge in [-0.1, -0.05) is 31.2 Å². The van der Waals surface area contributed by atoms with Crippen LogP contribution in [0.1, 0.15) is 31.2 Å². The minimum absolute atomic E-state index is 0.105. The Morgan fingerprint density at radius 3 is 2.69 bits per heavy atom. The lowest BCUT2D eigenvalue weighted by molar-refractivity contribution is -0.116. The third kappa shape index (κ3) is 6.95. The van der Waals surface area contributed by atoms with Crippen molar-refractivity contribution in [3.05, 3.63) is 66.0 Å². The van der Waals surface area contributed by atoms with Crippen LogP contribution in [0, 0.1) is 0 Å². The summed E-state index contributed by atoms with van der Waals surface area (Å²) in [6, 6.07) is 16.0. The number of nitrogens with one attached hydrogen (secondary N) is 1. The molecule has 0 spiro atoms. The molecule has 0 radical (unpaired) electrons. The Labute approximate surface area is 190 Å². The van der Waals surface area contributed by atoms with Crippen molar-refractivity contribution in [1.82, 2.24) is 19.8 Å². The van der Waals surface area contributed by atoms with E-state index in [0.29, 0.717) is 19.6 Å². The predicted molar refractivity (Wildman–Crippen MR) is 131 cm³/mol. The Balaban J connectivity index is 1.54. The number of benzene rings is 2. The van der Waals surface area contributed by atoms with Gasteiger partial charge in [0.1, 0.15) is 11.6 Å². The van der Waals surface area contributed by atoms with Gasteiger partial charge >= 0.3 is 0 Å². The Morgan fingerprint density at radius 1 is 1.16 bits per heavy atom. The fourth-order valence-electron chi connectivity index (χ4n) is 3.53. The molecule has 1 N–H and O–H groups in total. The van der Waals surface area contributed by atoms with Gasteiger partial charge in [0, 0.05) is 25.6 Å². The van der Waals surface area contributed by atoms with E-state index < -0.39 is 0 Å². The predicted octanol–water partition coefficient (Wildman–Crippen LogP) is 4.15. The maximum atomic E-state index is 12.3. The summed E-state index contributed by atoms with van der Waals surface area (Å²) >= 11 is 0. The molecule has 1 amide bonds. The highest BCUT2D eigenvalue weighted by molar-refractivity contribution is 5.91. The third-order valence-electron chi connectivity index (χ3n) is 5.15. The minimum Gasteiger partial charge on any atom is -0.494 e. The number of hydrogen-bond donors (Lipinski definition) is 1. The SMILES string of the molecule is CCCOc1ccc(/C=C/C(=O)NCCc2nc3ccccc3n2CCCN(C)C)cc1. The molecule has 0 fully saturated rings. The van der Waals surface area contributed by atoms with E-state index in [9.17, 15) is 4.79 Å². The van der Waals surface area contributed by atoms with Gasteiger partial charge in [0.25, 0.3) is 0 Å². The summed E-state index contributed by atoms with van der Waals surface area (Å²) in [6.07, 6.45) is 6.11. The molecule has 0 aliphatic carbocycles. The van der Waals surface area contributed by atoms with Crippen molar-refractivity contribution in [2.24, 2.45) is 0 Å². The fourth-order valence-corrected chi connectivity index (χ4v) is 3.53. The second kappa shape index (κ2) is 12.1. The molecule has 3 rings (SSSR count). The molecular weight excluding hydrogens is 400 g/mol. The average molecular weight is 435 g/mol.